The minimum atomic E-state index is -3.62. The fraction of sp³-hybridized carbons (Fsp3) is 0.214. The second kappa shape index (κ2) is 10.9. The second-order valence-electron chi connectivity index (χ2n) is 4.42. The Balaban J connectivity index is 0. The van der Waals surface area contributed by atoms with Crippen molar-refractivity contribution in [1.29, 1.82) is 0 Å². The molecule has 9 heteroatoms. The van der Waals surface area contributed by atoms with Gasteiger partial charge in [0.15, 0.2) is 0 Å². The van der Waals surface area contributed by atoms with Gasteiger partial charge in [0.2, 0.25) is 10.0 Å². The van der Waals surface area contributed by atoms with Gasteiger partial charge in [0.05, 0.1) is 11.1 Å². The van der Waals surface area contributed by atoms with Crippen LogP contribution in [0, 0.1) is 6.92 Å². The molecule has 1 heterocycles. The van der Waals surface area contributed by atoms with E-state index in [0.29, 0.717) is 6.54 Å². The minimum Gasteiger partial charge on any atom is -1.00 e. The van der Waals surface area contributed by atoms with Gasteiger partial charge in [-0.1, -0.05) is 12.1 Å². The van der Waals surface area contributed by atoms with Crippen molar-refractivity contribution < 1.29 is 57.1 Å². The Labute approximate surface area is 161 Å². The summed E-state index contributed by atoms with van der Waals surface area (Å²) in [5, 5.41) is 5.03. The fourth-order valence-electron chi connectivity index (χ4n) is 1.72. The van der Waals surface area contributed by atoms with E-state index < -0.39 is 10.0 Å². The Morgan fingerprint density at radius 3 is 2.22 bits per heavy atom. The molecular weight excluding hydrogens is 413 g/mol. The SMILES string of the molecule is Cc1ccc(C=NCCc2ccc(S(N)(=O)=O)cc2)o1.[Cl-].[Cl-].[Zn+2]. The van der Waals surface area contributed by atoms with Gasteiger partial charge in [-0.3, -0.25) is 4.99 Å². The molecule has 2 aromatic rings. The summed E-state index contributed by atoms with van der Waals surface area (Å²) in [4.78, 5) is 4.38. The molecule has 0 aliphatic heterocycles. The van der Waals surface area contributed by atoms with Crippen LogP contribution in [0.15, 0.2) is 50.7 Å². The molecule has 122 valence electrons. The molecule has 0 aliphatic rings. The van der Waals surface area contributed by atoms with Crippen molar-refractivity contribution in [2.24, 2.45) is 10.1 Å². The number of hydrogen-bond acceptors (Lipinski definition) is 4. The van der Waals surface area contributed by atoms with E-state index in [9.17, 15) is 8.42 Å². The predicted molar refractivity (Wildman–Crippen MR) is 77.4 cm³/mol. The minimum absolute atomic E-state index is 0. The molecule has 0 bridgehead atoms. The summed E-state index contributed by atoms with van der Waals surface area (Å²) in [7, 11) is -3.62. The summed E-state index contributed by atoms with van der Waals surface area (Å²) < 4.78 is 27.6. The molecule has 0 saturated carbocycles. The predicted octanol–water partition coefficient (Wildman–Crippen LogP) is -4.10. The van der Waals surface area contributed by atoms with Crippen molar-refractivity contribution in [3.05, 3.63) is 53.5 Å². The first-order chi connectivity index (χ1) is 9.45. The van der Waals surface area contributed by atoms with E-state index in [1.165, 1.54) is 12.1 Å². The number of hydrogen-bond donors (Lipinski definition) is 1. The molecule has 0 amide bonds. The molecule has 23 heavy (non-hydrogen) atoms. The van der Waals surface area contributed by atoms with E-state index in [0.717, 1.165) is 23.5 Å². The molecule has 0 unspecified atom stereocenters. The summed E-state index contributed by atoms with van der Waals surface area (Å²) in [6.45, 7) is 2.48. The number of nitrogens with zero attached hydrogens (tertiary/aromatic N) is 1. The Morgan fingerprint density at radius 1 is 1.13 bits per heavy atom. The van der Waals surface area contributed by atoms with Crippen LogP contribution in [-0.2, 0) is 35.9 Å². The van der Waals surface area contributed by atoms with Crippen LogP contribution in [0.1, 0.15) is 17.1 Å². The molecule has 0 spiro atoms. The van der Waals surface area contributed by atoms with Crippen LogP contribution < -0.4 is 30.0 Å². The average molecular weight is 429 g/mol. The summed E-state index contributed by atoms with van der Waals surface area (Å²) in [5.41, 5.74) is 1.00. The van der Waals surface area contributed by atoms with Gasteiger partial charge in [0, 0.05) is 6.54 Å². The zero-order valence-electron chi connectivity index (χ0n) is 12.6. The molecule has 0 radical (unpaired) electrons. The summed E-state index contributed by atoms with van der Waals surface area (Å²) >= 11 is 0. The fourth-order valence-corrected chi connectivity index (χ4v) is 2.23. The molecule has 2 rings (SSSR count). The molecule has 0 saturated heterocycles. The number of rotatable bonds is 5. The van der Waals surface area contributed by atoms with Gasteiger partial charge in [-0.15, -0.1) is 0 Å². The van der Waals surface area contributed by atoms with Crippen molar-refractivity contribution in [1.82, 2.24) is 0 Å². The molecule has 1 aromatic heterocycles. The molecule has 5 nitrogen and oxygen atoms in total. The van der Waals surface area contributed by atoms with Crippen LogP contribution in [0.25, 0.3) is 0 Å². The monoisotopic (exact) mass is 426 g/mol. The Bertz CT molecular complexity index is 716. The molecule has 0 aliphatic carbocycles. The van der Waals surface area contributed by atoms with Gasteiger partial charge in [0.1, 0.15) is 11.5 Å². The second-order valence-corrected chi connectivity index (χ2v) is 5.98. The van der Waals surface area contributed by atoms with Gasteiger partial charge in [-0.2, -0.15) is 0 Å². The van der Waals surface area contributed by atoms with Crippen molar-refractivity contribution in [2.45, 2.75) is 18.2 Å². The van der Waals surface area contributed by atoms with E-state index >= 15 is 0 Å². The molecule has 1 aromatic carbocycles. The van der Waals surface area contributed by atoms with E-state index in [1.807, 2.05) is 19.1 Å². The van der Waals surface area contributed by atoms with Crippen LogP contribution in [-0.4, -0.2) is 21.2 Å². The van der Waals surface area contributed by atoms with Crippen molar-refractivity contribution in [3.63, 3.8) is 0 Å². The van der Waals surface area contributed by atoms with E-state index in [2.05, 4.69) is 4.99 Å². The van der Waals surface area contributed by atoms with Gasteiger partial charge in [-0.25, -0.2) is 13.6 Å². The van der Waals surface area contributed by atoms with Crippen LogP contribution in [0.3, 0.4) is 0 Å². The number of furan rings is 1. The first-order valence-electron chi connectivity index (χ1n) is 6.13. The zero-order chi connectivity index (χ0) is 14.6. The van der Waals surface area contributed by atoms with Gasteiger partial charge in [-0.05, 0) is 43.2 Å². The van der Waals surface area contributed by atoms with Crippen LogP contribution in [0.5, 0.6) is 0 Å². The Hall–Kier alpha value is -0.717. The largest absolute Gasteiger partial charge is 2.00 e. The van der Waals surface area contributed by atoms with E-state index in [1.54, 1.807) is 18.3 Å². The van der Waals surface area contributed by atoms with Crippen LogP contribution in [0.4, 0.5) is 0 Å². The topological polar surface area (TPSA) is 85.7 Å². The number of halogens is 2. The standard InChI is InChI=1S/C14H16N2O3S.2ClH.Zn/c1-11-2-5-13(19-11)10-16-9-8-12-3-6-14(7-4-12)20(15,17)18;;;/h2-7,10H,8-9H2,1H3,(H2,15,17,18);2*1H;/q;;;+2/p-2. The first kappa shape index (κ1) is 24.5. The molecule has 0 fully saturated rings. The van der Waals surface area contributed by atoms with Crippen molar-refractivity contribution >= 4 is 16.2 Å². The van der Waals surface area contributed by atoms with Gasteiger partial charge >= 0.3 is 19.5 Å². The quantitative estimate of drug-likeness (QED) is 0.388. The maximum Gasteiger partial charge on any atom is 2.00 e. The third kappa shape index (κ3) is 8.09. The number of primary sulfonamides is 1. The summed E-state index contributed by atoms with van der Waals surface area (Å²) in [6, 6.07) is 10.2. The van der Waals surface area contributed by atoms with E-state index in [-0.39, 0.29) is 49.2 Å². The van der Waals surface area contributed by atoms with Crippen LogP contribution in [0.2, 0.25) is 0 Å². The zero-order valence-corrected chi connectivity index (χ0v) is 17.9. The average Bonchev–Trinajstić information content (AvgIpc) is 2.80. The van der Waals surface area contributed by atoms with Gasteiger partial charge < -0.3 is 29.2 Å². The van der Waals surface area contributed by atoms with Crippen molar-refractivity contribution in [3.8, 4) is 0 Å². The van der Waals surface area contributed by atoms with E-state index in [4.69, 9.17) is 9.56 Å². The number of sulfonamides is 1. The van der Waals surface area contributed by atoms with Gasteiger partial charge in [0.25, 0.3) is 0 Å². The summed E-state index contributed by atoms with van der Waals surface area (Å²) in [6.07, 6.45) is 2.41. The van der Waals surface area contributed by atoms with Crippen molar-refractivity contribution in [2.75, 3.05) is 6.54 Å². The maximum atomic E-state index is 11.1. The molecule has 0 atom stereocenters. The number of benzene rings is 1. The molecular formula is C14H16Cl2N2O3SZn. The van der Waals surface area contributed by atoms with Crippen LogP contribution >= 0.6 is 0 Å². The number of nitrogens with two attached hydrogens (primary N) is 1. The smallest absolute Gasteiger partial charge is 1.00 e. The normalized spacial score (nSPS) is 10.5. The number of aryl methyl sites for hydroxylation is 1. The molecule has 2 N–H and O–H groups in total. The third-order valence-electron chi connectivity index (χ3n) is 2.76. The first-order valence-corrected chi connectivity index (χ1v) is 7.68. The Kier molecular flexibility index (Phi) is 11.7. The Morgan fingerprint density at radius 2 is 1.74 bits per heavy atom. The summed E-state index contributed by atoms with van der Waals surface area (Å²) in [5.74, 6) is 1.58. The number of aliphatic imine (C=N–C) groups is 1. The maximum absolute atomic E-state index is 11.1. The third-order valence-corrected chi connectivity index (χ3v) is 3.69.